The fourth-order valence-electron chi connectivity index (χ4n) is 3.52. The van der Waals surface area contributed by atoms with Gasteiger partial charge in [-0.1, -0.05) is 0 Å². The lowest BCUT2D eigenvalue weighted by molar-refractivity contribution is 0.479. The summed E-state index contributed by atoms with van der Waals surface area (Å²) < 4.78 is 1.64. The van der Waals surface area contributed by atoms with E-state index in [0.717, 1.165) is 42.4 Å². The van der Waals surface area contributed by atoms with Crippen molar-refractivity contribution in [3.8, 4) is 0 Å². The van der Waals surface area contributed by atoms with Crippen LogP contribution in [0.2, 0.25) is 0 Å². The Kier molecular flexibility index (Phi) is 3.82. The van der Waals surface area contributed by atoms with Crippen LogP contribution in [0.3, 0.4) is 0 Å². The number of nitrogens with zero attached hydrogens (tertiary/aromatic N) is 5. The zero-order valence-corrected chi connectivity index (χ0v) is 14.3. The second kappa shape index (κ2) is 6.00. The minimum Gasteiger partial charge on any atom is -0.336 e. The van der Waals surface area contributed by atoms with Gasteiger partial charge in [-0.3, -0.25) is 4.79 Å². The molecule has 1 aliphatic carbocycles. The van der Waals surface area contributed by atoms with Crippen LogP contribution in [-0.4, -0.2) is 32.3 Å². The number of rotatable bonds is 4. The van der Waals surface area contributed by atoms with E-state index in [4.69, 9.17) is 0 Å². The molecule has 1 saturated heterocycles. The second-order valence-corrected chi connectivity index (χ2v) is 6.99. The van der Waals surface area contributed by atoms with Crippen molar-refractivity contribution in [1.82, 2.24) is 19.7 Å². The summed E-state index contributed by atoms with van der Waals surface area (Å²) in [6.45, 7) is 5.53. The topological polar surface area (TPSA) is 63.9 Å². The molecule has 1 atom stereocenters. The van der Waals surface area contributed by atoms with E-state index in [1.165, 1.54) is 12.8 Å². The normalized spacial score (nSPS) is 20.6. The lowest BCUT2D eigenvalue weighted by atomic mass is 10.2. The zero-order chi connectivity index (χ0) is 16.7. The molecule has 126 valence electrons. The number of hydrogen-bond acceptors (Lipinski definition) is 5. The molecule has 0 aromatic carbocycles. The summed E-state index contributed by atoms with van der Waals surface area (Å²) in [7, 11) is 0. The molecule has 0 radical (unpaired) electrons. The minimum atomic E-state index is -0.0207. The first-order chi connectivity index (χ1) is 11.6. The van der Waals surface area contributed by atoms with Crippen LogP contribution >= 0.6 is 0 Å². The molecule has 1 saturated carbocycles. The maximum atomic E-state index is 12.2. The van der Waals surface area contributed by atoms with Gasteiger partial charge in [-0.05, 0) is 51.7 Å². The molecule has 2 fully saturated rings. The van der Waals surface area contributed by atoms with Gasteiger partial charge in [-0.2, -0.15) is 5.10 Å². The molecule has 2 aromatic heterocycles. The Morgan fingerprint density at radius 2 is 1.88 bits per heavy atom. The molecule has 6 heteroatoms. The molecule has 2 aromatic rings. The van der Waals surface area contributed by atoms with Crippen molar-refractivity contribution in [3.63, 3.8) is 0 Å². The number of aromatic nitrogens is 4. The maximum Gasteiger partial charge on any atom is 0.266 e. The Labute approximate surface area is 141 Å². The van der Waals surface area contributed by atoms with E-state index in [0.29, 0.717) is 12.5 Å². The first kappa shape index (κ1) is 15.3. The maximum absolute atomic E-state index is 12.2. The molecule has 2 aliphatic rings. The van der Waals surface area contributed by atoms with Crippen LogP contribution in [0.4, 0.5) is 5.95 Å². The average molecular weight is 325 g/mol. The Morgan fingerprint density at radius 3 is 2.58 bits per heavy atom. The summed E-state index contributed by atoms with van der Waals surface area (Å²) in [4.78, 5) is 23.6. The third-order valence-electron chi connectivity index (χ3n) is 4.87. The van der Waals surface area contributed by atoms with E-state index in [1.807, 2.05) is 26.0 Å². The van der Waals surface area contributed by atoms with Crippen molar-refractivity contribution in [3.05, 3.63) is 45.6 Å². The van der Waals surface area contributed by atoms with Gasteiger partial charge in [0.15, 0.2) is 0 Å². The summed E-state index contributed by atoms with van der Waals surface area (Å²) >= 11 is 0. The summed E-state index contributed by atoms with van der Waals surface area (Å²) in [5.41, 5.74) is 3.00. The predicted molar refractivity (Wildman–Crippen MR) is 92.3 cm³/mol. The van der Waals surface area contributed by atoms with E-state index in [9.17, 15) is 4.79 Å². The lowest BCUT2D eigenvalue weighted by Gasteiger charge is -2.25. The Morgan fingerprint density at radius 1 is 1.12 bits per heavy atom. The van der Waals surface area contributed by atoms with Crippen molar-refractivity contribution in [2.75, 3.05) is 11.4 Å². The first-order valence-electron chi connectivity index (χ1n) is 8.77. The van der Waals surface area contributed by atoms with Crippen molar-refractivity contribution >= 4 is 5.95 Å². The van der Waals surface area contributed by atoms with Crippen LogP contribution in [-0.2, 0) is 6.54 Å². The third-order valence-corrected chi connectivity index (χ3v) is 4.87. The van der Waals surface area contributed by atoms with Gasteiger partial charge in [0.1, 0.15) is 0 Å². The SMILES string of the molecule is Cc1cc(C)nc(N2CCCC2Cn2nc(C3CC3)ccc2=O)n1. The highest BCUT2D eigenvalue weighted by atomic mass is 16.1. The van der Waals surface area contributed by atoms with Gasteiger partial charge >= 0.3 is 0 Å². The third kappa shape index (κ3) is 3.05. The van der Waals surface area contributed by atoms with E-state index in [1.54, 1.807) is 10.7 Å². The number of aryl methyl sites for hydroxylation is 2. The molecular weight excluding hydrogens is 302 g/mol. The Hall–Kier alpha value is -2.24. The number of hydrogen-bond donors (Lipinski definition) is 0. The summed E-state index contributed by atoms with van der Waals surface area (Å²) in [5, 5.41) is 4.60. The van der Waals surface area contributed by atoms with E-state index < -0.39 is 0 Å². The van der Waals surface area contributed by atoms with Gasteiger partial charge in [-0.15, -0.1) is 0 Å². The summed E-state index contributed by atoms with van der Waals surface area (Å²) in [5.74, 6) is 1.33. The lowest BCUT2D eigenvalue weighted by Crippen LogP contribution is -2.38. The molecule has 0 N–H and O–H groups in total. The molecule has 1 aliphatic heterocycles. The van der Waals surface area contributed by atoms with Crippen LogP contribution in [0.1, 0.15) is 48.7 Å². The summed E-state index contributed by atoms with van der Waals surface area (Å²) in [6.07, 6.45) is 4.52. The first-order valence-corrected chi connectivity index (χ1v) is 8.77. The molecule has 0 spiro atoms. The Bertz CT molecular complexity index is 791. The van der Waals surface area contributed by atoms with Crippen molar-refractivity contribution < 1.29 is 0 Å². The number of anilines is 1. The smallest absolute Gasteiger partial charge is 0.266 e. The molecular formula is C18H23N5O. The highest BCUT2D eigenvalue weighted by Gasteiger charge is 2.29. The molecule has 4 rings (SSSR count). The van der Waals surface area contributed by atoms with Gasteiger partial charge in [0.05, 0.1) is 18.3 Å². The summed E-state index contributed by atoms with van der Waals surface area (Å²) in [6, 6.07) is 5.76. The van der Waals surface area contributed by atoms with Crippen LogP contribution in [0.5, 0.6) is 0 Å². The van der Waals surface area contributed by atoms with Crippen molar-refractivity contribution in [2.45, 2.75) is 58.0 Å². The molecule has 24 heavy (non-hydrogen) atoms. The average Bonchev–Trinajstić information content (AvgIpc) is 3.28. The molecule has 1 unspecified atom stereocenters. The Balaban J connectivity index is 1.59. The fourth-order valence-corrected chi connectivity index (χ4v) is 3.52. The van der Waals surface area contributed by atoms with Crippen LogP contribution < -0.4 is 10.5 Å². The van der Waals surface area contributed by atoms with Crippen LogP contribution in [0.25, 0.3) is 0 Å². The second-order valence-electron chi connectivity index (χ2n) is 6.99. The zero-order valence-electron chi connectivity index (χ0n) is 14.3. The molecule has 0 amide bonds. The van der Waals surface area contributed by atoms with E-state index in [2.05, 4.69) is 20.0 Å². The van der Waals surface area contributed by atoms with E-state index in [-0.39, 0.29) is 11.6 Å². The van der Waals surface area contributed by atoms with E-state index >= 15 is 0 Å². The predicted octanol–water partition coefficient (Wildman–Crippen LogP) is 2.20. The monoisotopic (exact) mass is 325 g/mol. The van der Waals surface area contributed by atoms with Gasteiger partial charge in [0.25, 0.3) is 5.56 Å². The highest BCUT2D eigenvalue weighted by molar-refractivity contribution is 5.35. The standard InChI is InChI=1S/C18H23N5O/c1-12-10-13(2)20-18(19-12)22-9-3-4-15(22)11-23-17(24)8-7-16(21-23)14-5-6-14/h7-8,10,14-15H,3-6,9,11H2,1-2H3. The fraction of sp³-hybridized carbons (Fsp3) is 0.556. The molecule has 3 heterocycles. The largest absolute Gasteiger partial charge is 0.336 e. The van der Waals surface area contributed by atoms with Gasteiger partial charge in [0.2, 0.25) is 5.95 Å². The van der Waals surface area contributed by atoms with Crippen molar-refractivity contribution in [2.24, 2.45) is 0 Å². The van der Waals surface area contributed by atoms with Crippen LogP contribution in [0.15, 0.2) is 23.0 Å². The molecule has 0 bridgehead atoms. The quantitative estimate of drug-likeness (QED) is 0.862. The van der Waals surface area contributed by atoms with Gasteiger partial charge in [-0.25, -0.2) is 14.6 Å². The molecule has 6 nitrogen and oxygen atoms in total. The van der Waals surface area contributed by atoms with Crippen LogP contribution in [0, 0.1) is 13.8 Å². The van der Waals surface area contributed by atoms with Crippen molar-refractivity contribution in [1.29, 1.82) is 0 Å². The van der Waals surface area contributed by atoms with Gasteiger partial charge in [0, 0.05) is 29.9 Å². The highest BCUT2D eigenvalue weighted by Crippen LogP contribution is 2.38. The minimum absolute atomic E-state index is 0.0207. The van der Waals surface area contributed by atoms with Gasteiger partial charge < -0.3 is 4.90 Å².